The molecule has 2 bridgehead atoms. The summed E-state index contributed by atoms with van der Waals surface area (Å²) in [5.74, 6) is 0.357. The maximum Gasteiger partial charge on any atom is 0.262 e. The second-order valence-corrected chi connectivity index (χ2v) is 17.0. The number of carbonyl (C=O) groups is 5. The van der Waals surface area contributed by atoms with Gasteiger partial charge >= 0.3 is 0 Å². The lowest BCUT2D eigenvalue weighted by molar-refractivity contribution is -0.213. The fourth-order valence-electron chi connectivity index (χ4n) is 9.85. The zero-order valence-electron chi connectivity index (χ0n) is 35.1. The van der Waals surface area contributed by atoms with Crippen LogP contribution in [0.4, 0.5) is 5.82 Å². The molecule has 3 aliphatic carbocycles. The molecule has 1 unspecified atom stereocenters. The molecule has 3 saturated carbocycles. The number of hydrogen-bond donors (Lipinski definition) is 3. The Morgan fingerprint density at radius 1 is 0.934 bits per heavy atom. The van der Waals surface area contributed by atoms with E-state index >= 15 is 0 Å². The van der Waals surface area contributed by atoms with Crippen molar-refractivity contribution in [3.8, 4) is 28.4 Å². The molecule has 5 aliphatic rings. The molecule has 1 saturated heterocycles. The Kier molecular flexibility index (Phi) is 11.1. The van der Waals surface area contributed by atoms with Crippen molar-refractivity contribution < 1.29 is 38.2 Å². The molecule has 4 fully saturated rings. The maximum absolute atomic E-state index is 13.2. The van der Waals surface area contributed by atoms with Gasteiger partial charge in [0, 0.05) is 63.5 Å². The minimum absolute atomic E-state index is 0.0612. The fourth-order valence-corrected chi connectivity index (χ4v) is 9.85. The molecule has 16 nitrogen and oxygen atoms in total. The Labute approximate surface area is 352 Å². The van der Waals surface area contributed by atoms with E-state index in [1.54, 1.807) is 51.2 Å². The normalized spacial score (nSPS) is 21.5. The van der Waals surface area contributed by atoms with Gasteiger partial charge < -0.3 is 34.3 Å². The number of aromatic nitrogens is 2. The molecule has 9 rings (SSSR count). The lowest BCUT2D eigenvalue weighted by Gasteiger charge is -2.70. The van der Waals surface area contributed by atoms with Crippen molar-refractivity contribution in [3.05, 3.63) is 75.8 Å². The number of methoxy groups -OCH3 is 2. The molecule has 2 aromatic carbocycles. The Bertz CT molecular complexity index is 2490. The summed E-state index contributed by atoms with van der Waals surface area (Å²) in [6.45, 7) is 2.41. The van der Waals surface area contributed by atoms with Crippen molar-refractivity contribution in [1.29, 1.82) is 0 Å². The highest BCUT2D eigenvalue weighted by molar-refractivity contribution is 6.23. The predicted molar refractivity (Wildman–Crippen MR) is 226 cm³/mol. The van der Waals surface area contributed by atoms with Gasteiger partial charge in [0.05, 0.1) is 48.3 Å². The number of carbonyl (C=O) groups excluding carboxylic acids is 5. The van der Waals surface area contributed by atoms with Crippen molar-refractivity contribution in [3.63, 3.8) is 0 Å². The van der Waals surface area contributed by atoms with Crippen LogP contribution in [0.3, 0.4) is 0 Å². The number of amides is 5. The molecule has 2 aromatic heterocycles. The van der Waals surface area contributed by atoms with E-state index in [1.807, 2.05) is 18.3 Å². The van der Waals surface area contributed by atoms with E-state index in [-0.39, 0.29) is 46.3 Å². The number of piperidine rings is 1. The number of fused-ring (bicyclic) bond motifs is 2. The number of imide groups is 2. The summed E-state index contributed by atoms with van der Waals surface area (Å²) in [6.07, 6.45) is 8.64. The van der Waals surface area contributed by atoms with Gasteiger partial charge in [-0.2, -0.15) is 0 Å². The Hall–Kier alpha value is -6.29. The molecule has 320 valence electrons. The van der Waals surface area contributed by atoms with Gasteiger partial charge in [-0.05, 0) is 99.4 Å². The van der Waals surface area contributed by atoms with E-state index in [4.69, 9.17) is 14.2 Å². The Morgan fingerprint density at radius 3 is 2.34 bits per heavy atom. The average molecular weight is 834 g/mol. The monoisotopic (exact) mass is 833 g/mol. The smallest absolute Gasteiger partial charge is 0.262 e. The van der Waals surface area contributed by atoms with Gasteiger partial charge in [-0.15, -0.1) is 0 Å². The van der Waals surface area contributed by atoms with Gasteiger partial charge in [0.2, 0.25) is 17.7 Å². The van der Waals surface area contributed by atoms with Crippen LogP contribution in [-0.4, -0.2) is 103 Å². The number of rotatable bonds is 17. The Morgan fingerprint density at radius 2 is 1.66 bits per heavy atom. The first-order chi connectivity index (χ1) is 29.3. The van der Waals surface area contributed by atoms with Gasteiger partial charge in [0.15, 0.2) is 0 Å². The second kappa shape index (κ2) is 16.3. The summed E-state index contributed by atoms with van der Waals surface area (Å²) < 4.78 is 19.3. The molecule has 16 heteroatoms. The van der Waals surface area contributed by atoms with Crippen LogP contribution in [0.5, 0.6) is 17.2 Å². The SMILES string of the molecule is CNc1cc2c(=O)n(C)cc(-c3cc(OC)c(CN(C)CC45CC(C(=O)NCCCCCOc6ccc7c(c6)C(=O)N(C6CCC(=O)NC6=O)C7=O)(C4)C5)c(OC)c3)c2cn1. The van der Waals surface area contributed by atoms with Crippen LogP contribution < -0.4 is 35.7 Å². The van der Waals surface area contributed by atoms with Crippen LogP contribution in [0.2, 0.25) is 0 Å². The maximum atomic E-state index is 13.2. The van der Waals surface area contributed by atoms with E-state index in [0.717, 1.165) is 72.0 Å². The van der Waals surface area contributed by atoms with Crippen LogP contribution in [0, 0.1) is 10.8 Å². The van der Waals surface area contributed by atoms with Gasteiger partial charge in [0.1, 0.15) is 29.1 Å². The molecule has 3 N–H and O–H groups in total. The highest BCUT2D eigenvalue weighted by Gasteiger charge is 2.71. The third-order valence-electron chi connectivity index (χ3n) is 12.7. The molecule has 4 aromatic rings. The van der Waals surface area contributed by atoms with Crippen LogP contribution in [0.1, 0.15) is 77.6 Å². The minimum atomic E-state index is -1.01. The summed E-state index contributed by atoms with van der Waals surface area (Å²) >= 11 is 0. The summed E-state index contributed by atoms with van der Waals surface area (Å²) in [6, 6.07) is 9.40. The number of benzene rings is 2. The third-order valence-corrected chi connectivity index (χ3v) is 12.7. The van der Waals surface area contributed by atoms with Crippen LogP contribution in [0.25, 0.3) is 21.9 Å². The molecule has 0 radical (unpaired) electrons. The van der Waals surface area contributed by atoms with E-state index in [9.17, 15) is 28.8 Å². The number of nitrogens with zero attached hydrogens (tertiary/aromatic N) is 4. The molecular formula is C45H51N7O9. The number of unbranched alkanes of at least 4 members (excludes halogenated alkanes) is 2. The number of hydrogen-bond acceptors (Lipinski definition) is 12. The molecule has 1 atom stereocenters. The van der Waals surface area contributed by atoms with Gasteiger partial charge in [0.25, 0.3) is 17.4 Å². The molecule has 0 spiro atoms. The second-order valence-electron chi connectivity index (χ2n) is 17.0. The van der Waals surface area contributed by atoms with Crippen LogP contribution in [-0.2, 0) is 28.0 Å². The fraction of sp³-hybridized carbons (Fsp3) is 0.444. The Balaban J connectivity index is 0.781. The van der Waals surface area contributed by atoms with Crippen molar-refractivity contribution in [2.24, 2.45) is 17.9 Å². The van der Waals surface area contributed by atoms with Crippen molar-refractivity contribution in [1.82, 2.24) is 30.0 Å². The number of anilines is 1. The quantitative estimate of drug-likeness (QED) is 0.103. The summed E-state index contributed by atoms with van der Waals surface area (Å²) in [5.41, 5.74) is 2.70. The van der Waals surface area contributed by atoms with Crippen LogP contribution in [0.15, 0.2) is 53.6 Å². The predicted octanol–water partition coefficient (Wildman–Crippen LogP) is 4.03. The molecule has 5 amide bonds. The molecule has 2 aliphatic heterocycles. The van der Waals surface area contributed by atoms with Gasteiger partial charge in [-0.1, -0.05) is 0 Å². The van der Waals surface area contributed by atoms with Crippen molar-refractivity contribution in [2.45, 2.75) is 64.0 Å². The largest absolute Gasteiger partial charge is 0.496 e. The van der Waals surface area contributed by atoms with Crippen molar-refractivity contribution >= 4 is 46.1 Å². The van der Waals surface area contributed by atoms with Crippen LogP contribution >= 0.6 is 0 Å². The summed E-state index contributed by atoms with van der Waals surface area (Å²) in [5, 5.41) is 9.66. The molecular weight excluding hydrogens is 783 g/mol. The first-order valence-electron chi connectivity index (χ1n) is 20.7. The summed E-state index contributed by atoms with van der Waals surface area (Å²) in [4.78, 5) is 83.9. The summed E-state index contributed by atoms with van der Waals surface area (Å²) in [7, 11) is 8.87. The number of pyridine rings is 2. The lowest BCUT2D eigenvalue weighted by Crippen LogP contribution is -2.70. The highest BCUT2D eigenvalue weighted by Crippen LogP contribution is 2.73. The topological polar surface area (TPSA) is 190 Å². The van der Waals surface area contributed by atoms with E-state index in [2.05, 4.69) is 32.9 Å². The first-order valence-corrected chi connectivity index (χ1v) is 20.7. The average Bonchev–Trinajstić information content (AvgIpc) is 3.46. The van der Waals surface area contributed by atoms with E-state index in [1.165, 1.54) is 12.1 Å². The zero-order chi connectivity index (χ0) is 43.2. The molecule has 61 heavy (non-hydrogen) atoms. The first kappa shape index (κ1) is 41.4. The number of nitrogens with one attached hydrogen (secondary N) is 3. The zero-order valence-corrected chi connectivity index (χ0v) is 35.1. The van der Waals surface area contributed by atoms with Gasteiger partial charge in [-0.3, -0.25) is 39.0 Å². The van der Waals surface area contributed by atoms with E-state index < -0.39 is 29.7 Å². The standard InChI is InChI=1S/C45H51N7O9/c1-46-37-18-30-31(19-48-37)32(21-51(3)40(30)55)26-15-35(59-4)33(36(16-26)60-5)20-50(2)25-44-22-45(23-44,24-44)43(58)47-13-7-6-8-14-61-27-9-10-28-29(17-27)42(57)52(41(28)56)34-11-12-38(53)49-39(34)54/h9-10,15-19,21,34H,6-8,11-14,20,22-25H2,1-5H3,(H,46,48)(H,47,58)(H,49,53,54). The van der Waals surface area contributed by atoms with Crippen molar-refractivity contribution in [2.75, 3.05) is 53.3 Å². The number of aryl methyl sites for hydroxylation is 1. The number of ether oxygens (including phenoxy) is 3. The minimum Gasteiger partial charge on any atom is -0.496 e. The van der Waals surface area contributed by atoms with E-state index in [0.29, 0.717) is 48.1 Å². The third kappa shape index (κ3) is 7.57. The highest BCUT2D eigenvalue weighted by atomic mass is 16.5. The van der Waals surface area contributed by atoms with Gasteiger partial charge in [-0.25, -0.2) is 4.98 Å². The molecule has 4 heterocycles. The lowest BCUT2D eigenvalue weighted by atomic mass is 9.34.